The van der Waals surface area contributed by atoms with E-state index < -0.39 is 45.5 Å². The van der Waals surface area contributed by atoms with Crippen LogP contribution in [0.4, 0.5) is 0 Å². The number of aliphatic hydroxyl groups excluding tert-OH is 2. The average molecular weight is 1360 g/mol. The zero-order valence-corrected chi connectivity index (χ0v) is 60.9. The number of hydrogen-bond donors (Lipinski definition) is 2. The van der Waals surface area contributed by atoms with Gasteiger partial charge in [0.2, 0.25) is 0 Å². The Labute approximate surface area is 551 Å². The Balaban J connectivity index is 0.000000246. The van der Waals surface area contributed by atoms with Crippen LogP contribution in [0.15, 0.2) is 26.9 Å². The summed E-state index contributed by atoms with van der Waals surface area (Å²) in [6.45, 7) is 35.9. The van der Waals surface area contributed by atoms with E-state index in [1.54, 1.807) is 34.0 Å². The normalized spacial score (nSPS) is 17.7. The molecule has 27 heteroatoms. The van der Waals surface area contributed by atoms with Crippen molar-refractivity contribution in [1.29, 1.82) is 0 Å². The van der Waals surface area contributed by atoms with Crippen LogP contribution >= 0.6 is 45.3 Å². The third-order valence-electron chi connectivity index (χ3n) is 13.7. The minimum Gasteiger partial charge on any atom is -0.555 e. The minimum absolute atomic E-state index is 0. The molecule has 87 heavy (non-hydrogen) atoms. The second kappa shape index (κ2) is 40.4. The summed E-state index contributed by atoms with van der Waals surface area (Å²) >= 11 is 6.21. The number of thiophene rings is 4. The van der Waals surface area contributed by atoms with Gasteiger partial charge in [-0.15, -0.1) is 39.4 Å². The summed E-state index contributed by atoms with van der Waals surface area (Å²) in [4.78, 5) is 2.02. The van der Waals surface area contributed by atoms with Gasteiger partial charge in [0.15, 0.2) is 67.8 Å². The Morgan fingerprint density at radius 2 is 0.874 bits per heavy atom. The first-order valence-electron chi connectivity index (χ1n) is 30.7. The number of hydrogen-bond acceptors (Lipinski definition) is 22. The molecular formula is C60H100LiO18S4Si4-. The molecule has 2 saturated heterocycles. The first-order chi connectivity index (χ1) is 41.3. The molecule has 2 N–H and O–H groups in total. The van der Waals surface area contributed by atoms with E-state index in [2.05, 4.69) is 71.6 Å². The van der Waals surface area contributed by atoms with Crippen molar-refractivity contribution in [1.82, 2.24) is 0 Å². The van der Waals surface area contributed by atoms with E-state index in [4.69, 9.17) is 74.5 Å². The van der Waals surface area contributed by atoms with Gasteiger partial charge in [0.05, 0.1) is 61.6 Å². The first kappa shape index (κ1) is 76.0. The van der Waals surface area contributed by atoms with Crippen molar-refractivity contribution in [2.24, 2.45) is 0 Å². The van der Waals surface area contributed by atoms with Crippen LogP contribution in [-0.2, 0) is 49.5 Å². The molecule has 0 amide bonds. The molecule has 10 heterocycles. The van der Waals surface area contributed by atoms with Crippen LogP contribution in [0.25, 0.3) is 0 Å². The molecule has 4 aromatic heterocycles. The van der Waals surface area contributed by atoms with Crippen LogP contribution in [0, 0.1) is 12.3 Å². The molecular weight excluding hydrogens is 1260 g/mol. The number of unbranched alkanes of at least 4 members (excludes halogenated alkanes) is 1. The summed E-state index contributed by atoms with van der Waals surface area (Å²) in [5, 5.41) is 33.5. The summed E-state index contributed by atoms with van der Waals surface area (Å²) in [5.41, 5.74) is 0. The van der Waals surface area contributed by atoms with Crippen molar-refractivity contribution in [3.63, 3.8) is 0 Å². The van der Waals surface area contributed by atoms with Crippen molar-refractivity contribution >= 4 is 78.6 Å². The number of aliphatic hydroxyl groups is 2. The third kappa shape index (κ3) is 31.2. The third-order valence-corrected chi connectivity index (χ3v) is 32.0. The van der Waals surface area contributed by atoms with Crippen molar-refractivity contribution in [2.75, 3.05) is 119 Å². The van der Waals surface area contributed by atoms with E-state index in [9.17, 15) is 10.2 Å². The SMILES string of the molecule is C[Si](C)(CCCOCC(O)Cc1scc2c1OCCO2)O[Si](C)(C)CCCOCC(O)Cc1scc2c1OCCO2.C[Si](C)(CCCOCC1CO1)O[Si](C)(C)CCCOCC1CO1.[CH2-]CCC.[Li+].[c-]1scc2c1OCCO2.c1scc2c1OCCO2. The molecule has 4 atom stereocenters. The summed E-state index contributed by atoms with van der Waals surface area (Å²) in [6.07, 6.45) is 6.95. The molecule has 0 aromatic carbocycles. The van der Waals surface area contributed by atoms with Gasteiger partial charge in [0.1, 0.15) is 65.1 Å². The van der Waals surface area contributed by atoms with Gasteiger partial charge in [-0.05, 0) is 102 Å². The van der Waals surface area contributed by atoms with Crippen LogP contribution in [0.3, 0.4) is 0 Å². The predicted octanol–water partition coefficient (Wildman–Crippen LogP) is 9.59. The van der Waals surface area contributed by atoms with Gasteiger partial charge in [-0.2, -0.15) is 6.42 Å². The van der Waals surface area contributed by atoms with E-state index in [1.807, 2.05) is 26.9 Å². The van der Waals surface area contributed by atoms with Crippen molar-refractivity contribution in [3.8, 4) is 46.0 Å². The van der Waals surface area contributed by atoms with Gasteiger partial charge < -0.3 is 91.7 Å². The standard InChI is InChI=1S/C28H46O9S2Si2.C16H34O5Si2.C6H6O2S.C6H5O2S.C4H9.Li/c1-40(2,13-5-7-31-17-21(29)15-25-27-23(19-38-25)33-9-11-35-27)37-41(3,4)14-6-8-32-18-22(30)16-26-28-24(20-39-26)34-10-12-36-28;1-22(2,9-5-7-17-11-15-13-19-15)21-23(3,4)10-6-8-18-12-16-14-20-16;2*1-2-8-6-4-9-3-5(6)7-1;1-3-4-2;/h19-22,29-30H,5-18H2,1-4H3;15-16H,5-14H2,1-4H3;3-4H,1-2H2;3H,1-2H2;1,3-4H2,2H3;/q;;;2*-1;+1. The molecule has 0 spiro atoms. The molecule has 4 unspecified atom stereocenters. The van der Waals surface area contributed by atoms with Crippen LogP contribution in [0.1, 0.15) is 55.2 Å². The molecule has 6 aliphatic heterocycles. The van der Waals surface area contributed by atoms with Gasteiger partial charge in [-0.3, -0.25) is 11.3 Å². The predicted molar refractivity (Wildman–Crippen MR) is 352 cm³/mol. The van der Waals surface area contributed by atoms with Crippen molar-refractivity contribution in [2.45, 2.75) is 159 Å². The van der Waals surface area contributed by atoms with Crippen molar-refractivity contribution in [3.05, 3.63) is 49.0 Å². The van der Waals surface area contributed by atoms with E-state index in [1.165, 1.54) is 29.8 Å². The Kier molecular flexibility index (Phi) is 35.3. The van der Waals surface area contributed by atoms with E-state index >= 15 is 0 Å². The molecule has 6 aliphatic rings. The monoisotopic (exact) mass is 1360 g/mol. The Morgan fingerprint density at radius 1 is 0.517 bits per heavy atom. The first-order valence-corrected chi connectivity index (χ1v) is 46.8. The molecule has 490 valence electrons. The zero-order valence-electron chi connectivity index (χ0n) is 53.7. The number of rotatable bonds is 33. The largest absolute Gasteiger partial charge is 1.00 e. The molecule has 10 rings (SSSR count). The topological polar surface area (TPSA) is 195 Å². The molecule has 0 saturated carbocycles. The maximum atomic E-state index is 10.4. The number of ether oxygens (including phenoxy) is 14. The van der Waals surface area contributed by atoms with E-state index in [0.717, 1.165) is 140 Å². The average Bonchev–Trinajstić information content (AvgIpc) is 3.14. The number of fused-ring (bicyclic) bond motifs is 4. The fourth-order valence-electron chi connectivity index (χ4n) is 9.48. The van der Waals surface area contributed by atoms with E-state index in [0.29, 0.717) is 104 Å². The summed E-state index contributed by atoms with van der Waals surface area (Å²) in [6, 6.07) is 4.38. The van der Waals surface area contributed by atoms with Gasteiger partial charge in [-0.25, -0.2) is 0 Å². The maximum absolute atomic E-state index is 10.4. The Hall–Kier alpha value is -1.74. The molecule has 0 bridgehead atoms. The molecule has 0 radical (unpaired) electrons. The minimum atomic E-state index is -1.83. The molecule has 4 aromatic rings. The summed E-state index contributed by atoms with van der Waals surface area (Å²) < 4.78 is 90.0. The Bertz CT molecular complexity index is 2250. The molecule has 18 nitrogen and oxygen atoms in total. The molecule has 0 aliphatic carbocycles. The molecule has 2 fully saturated rings. The van der Waals surface area contributed by atoms with Gasteiger partial charge in [0, 0.05) is 72.3 Å². The quantitative estimate of drug-likeness (QED) is 0.0198. The number of epoxide rings is 2. The van der Waals surface area contributed by atoms with Crippen LogP contribution in [-0.4, -0.2) is 187 Å². The second-order valence-electron chi connectivity index (χ2n) is 24.1. The Morgan fingerprint density at radius 3 is 1.25 bits per heavy atom. The fourth-order valence-corrected chi connectivity index (χ4v) is 30.3. The smallest absolute Gasteiger partial charge is 0.555 e. The van der Waals surface area contributed by atoms with Gasteiger partial charge in [-0.1, -0.05) is 18.7 Å². The van der Waals surface area contributed by atoms with Crippen molar-refractivity contribution < 1.29 is 104 Å². The van der Waals surface area contributed by atoms with Crippen LogP contribution in [0.5, 0.6) is 46.0 Å². The summed E-state index contributed by atoms with van der Waals surface area (Å²) in [7, 11) is -6.84. The zero-order chi connectivity index (χ0) is 61.7. The van der Waals surface area contributed by atoms with Crippen LogP contribution < -0.4 is 56.8 Å². The van der Waals surface area contributed by atoms with Gasteiger partial charge >= 0.3 is 18.9 Å². The fraction of sp³-hybridized carbons (Fsp3) is 0.717. The summed E-state index contributed by atoms with van der Waals surface area (Å²) in [5.74, 6) is 6.52. The maximum Gasteiger partial charge on any atom is 1.00 e. The van der Waals surface area contributed by atoms with E-state index in [-0.39, 0.29) is 18.9 Å². The van der Waals surface area contributed by atoms with Gasteiger partial charge in [0.25, 0.3) is 0 Å². The van der Waals surface area contributed by atoms with Crippen LogP contribution in [0.2, 0.25) is 76.6 Å². The second-order valence-corrected chi connectivity index (χ2v) is 45.1.